The number of carboxylic acids is 1. The topological polar surface area (TPSA) is 50.2 Å². The van der Waals surface area contributed by atoms with Gasteiger partial charge in [-0.25, -0.2) is 0 Å². The fourth-order valence-electron chi connectivity index (χ4n) is 1.53. The fraction of sp³-hybridized carbons (Fsp3) is 0.167. The molecule has 16 heavy (non-hydrogen) atoms. The number of benzene rings is 1. The van der Waals surface area contributed by atoms with Crippen LogP contribution in [0.25, 0.3) is 10.9 Å². The molecule has 0 saturated heterocycles. The molecule has 0 bridgehead atoms. The summed E-state index contributed by atoms with van der Waals surface area (Å²) in [6, 6.07) is 9.83. The second-order valence-corrected chi connectivity index (χ2v) is 4.36. The highest BCUT2D eigenvalue weighted by atomic mass is 32.2. The van der Waals surface area contributed by atoms with E-state index in [1.807, 2.05) is 30.3 Å². The second-order valence-electron chi connectivity index (χ2n) is 3.37. The first-order valence-electron chi connectivity index (χ1n) is 4.89. The number of aliphatic carboxylic acids is 1. The minimum absolute atomic E-state index is 0.136. The van der Waals surface area contributed by atoms with E-state index in [1.54, 1.807) is 6.20 Å². The summed E-state index contributed by atoms with van der Waals surface area (Å²) in [7, 11) is 0. The largest absolute Gasteiger partial charge is 0.481 e. The van der Waals surface area contributed by atoms with Crippen LogP contribution in [0, 0.1) is 0 Å². The highest BCUT2D eigenvalue weighted by Crippen LogP contribution is 2.20. The maximum absolute atomic E-state index is 10.4. The lowest BCUT2D eigenvalue weighted by Gasteiger charge is -2.04. The lowest BCUT2D eigenvalue weighted by Crippen LogP contribution is -1.98. The van der Waals surface area contributed by atoms with Crippen LogP contribution in [0.15, 0.2) is 36.5 Å². The molecule has 0 radical (unpaired) electrons. The van der Waals surface area contributed by atoms with Crippen LogP contribution in [-0.2, 0) is 10.5 Å². The summed E-state index contributed by atoms with van der Waals surface area (Å²) in [5, 5.41) is 9.67. The molecule has 2 aromatic rings. The Morgan fingerprint density at radius 1 is 1.31 bits per heavy atom. The molecule has 1 aromatic heterocycles. The third kappa shape index (κ3) is 2.52. The molecule has 0 spiro atoms. The summed E-state index contributed by atoms with van der Waals surface area (Å²) in [5.74, 6) is 0.0646. The average Bonchev–Trinajstić information content (AvgIpc) is 2.29. The van der Waals surface area contributed by atoms with Crippen molar-refractivity contribution in [1.82, 2.24) is 4.98 Å². The van der Waals surface area contributed by atoms with Crippen LogP contribution >= 0.6 is 11.8 Å². The van der Waals surface area contributed by atoms with Crippen molar-refractivity contribution < 1.29 is 9.90 Å². The van der Waals surface area contributed by atoms with E-state index in [-0.39, 0.29) is 5.75 Å². The molecule has 0 unspecified atom stereocenters. The Morgan fingerprint density at radius 3 is 2.94 bits per heavy atom. The molecule has 1 heterocycles. The zero-order valence-corrected chi connectivity index (χ0v) is 9.41. The van der Waals surface area contributed by atoms with Crippen molar-refractivity contribution in [2.75, 3.05) is 5.75 Å². The standard InChI is InChI=1S/C12H11NO2S/c14-12(15)8-16-7-9-5-6-13-11-4-2-1-3-10(9)11/h1-6H,7-8H2,(H,14,15). The van der Waals surface area contributed by atoms with Gasteiger partial charge in [-0.3, -0.25) is 9.78 Å². The maximum Gasteiger partial charge on any atom is 0.313 e. The molecule has 1 N–H and O–H groups in total. The summed E-state index contributed by atoms with van der Waals surface area (Å²) in [5.41, 5.74) is 2.09. The Bertz CT molecular complexity index is 508. The molecule has 0 aliphatic heterocycles. The van der Waals surface area contributed by atoms with E-state index in [0.29, 0.717) is 5.75 Å². The minimum Gasteiger partial charge on any atom is -0.481 e. The van der Waals surface area contributed by atoms with E-state index >= 15 is 0 Å². The first-order valence-corrected chi connectivity index (χ1v) is 6.05. The third-order valence-electron chi connectivity index (χ3n) is 2.22. The van der Waals surface area contributed by atoms with Gasteiger partial charge in [-0.15, -0.1) is 11.8 Å². The molecular weight excluding hydrogens is 222 g/mol. The number of fused-ring (bicyclic) bond motifs is 1. The zero-order valence-electron chi connectivity index (χ0n) is 8.59. The highest BCUT2D eigenvalue weighted by molar-refractivity contribution is 7.99. The Kier molecular flexibility index (Phi) is 3.41. The van der Waals surface area contributed by atoms with Crippen molar-refractivity contribution in [2.24, 2.45) is 0 Å². The molecule has 0 aliphatic rings. The molecule has 82 valence electrons. The number of thioether (sulfide) groups is 1. The predicted octanol–water partition coefficient (Wildman–Crippen LogP) is 2.55. The Labute approximate surface area is 97.5 Å². The van der Waals surface area contributed by atoms with Crippen LogP contribution < -0.4 is 0 Å². The first-order chi connectivity index (χ1) is 7.77. The molecular formula is C12H11NO2S. The molecule has 0 aliphatic carbocycles. The number of aromatic nitrogens is 1. The molecule has 0 amide bonds. The number of hydrogen-bond acceptors (Lipinski definition) is 3. The van der Waals surface area contributed by atoms with Crippen LogP contribution in [0.3, 0.4) is 0 Å². The van der Waals surface area contributed by atoms with Crippen LogP contribution in [0.2, 0.25) is 0 Å². The zero-order chi connectivity index (χ0) is 11.4. The van der Waals surface area contributed by atoms with Gasteiger partial charge in [-0.2, -0.15) is 0 Å². The van der Waals surface area contributed by atoms with Crippen molar-refractivity contribution in [2.45, 2.75) is 5.75 Å². The molecule has 3 nitrogen and oxygen atoms in total. The fourth-order valence-corrected chi connectivity index (χ4v) is 2.28. The van der Waals surface area contributed by atoms with Gasteiger partial charge in [0.1, 0.15) is 0 Å². The molecule has 0 fully saturated rings. The highest BCUT2D eigenvalue weighted by Gasteiger charge is 2.02. The number of pyridine rings is 1. The second kappa shape index (κ2) is 4.99. The van der Waals surface area contributed by atoms with Crippen molar-refractivity contribution >= 4 is 28.6 Å². The van der Waals surface area contributed by atoms with Gasteiger partial charge in [-0.1, -0.05) is 18.2 Å². The maximum atomic E-state index is 10.4. The van der Waals surface area contributed by atoms with Gasteiger partial charge in [0.15, 0.2) is 0 Å². The van der Waals surface area contributed by atoms with Gasteiger partial charge in [-0.05, 0) is 17.7 Å². The number of nitrogens with zero attached hydrogens (tertiary/aromatic N) is 1. The quantitative estimate of drug-likeness (QED) is 0.881. The number of para-hydroxylation sites is 1. The number of carboxylic acid groups (broad SMARTS) is 1. The first kappa shape index (κ1) is 11.0. The van der Waals surface area contributed by atoms with E-state index in [1.165, 1.54) is 11.8 Å². The van der Waals surface area contributed by atoms with Crippen molar-refractivity contribution in [3.63, 3.8) is 0 Å². The van der Waals surface area contributed by atoms with Gasteiger partial charge in [0.05, 0.1) is 11.3 Å². The van der Waals surface area contributed by atoms with Gasteiger partial charge >= 0.3 is 5.97 Å². The summed E-state index contributed by atoms with van der Waals surface area (Å²) in [6.45, 7) is 0. The monoisotopic (exact) mass is 233 g/mol. The summed E-state index contributed by atoms with van der Waals surface area (Å²) < 4.78 is 0. The number of hydrogen-bond donors (Lipinski definition) is 1. The van der Waals surface area contributed by atoms with E-state index in [4.69, 9.17) is 5.11 Å². The third-order valence-corrected chi connectivity index (χ3v) is 3.19. The van der Waals surface area contributed by atoms with Gasteiger partial charge in [0.25, 0.3) is 0 Å². The van der Waals surface area contributed by atoms with Gasteiger partial charge in [0, 0.05) is 17.3 Å². The summed E-state index contributed by atoms with van der Waals surface area (Å²) in [6.07, 6.45) is 1.76. The van der Waals surface area contributed by atoms with Crippen LogP contribution in [-0.4, -0.2) is 21.8 Å². The SMILES string of the molecule is O=C(O)CSCc1ccnc2ccccc12. The molecule has 1 aromatic carbocycles. The summed E-state index contributed by atoms with van der Waals surface area (Å²) >= 11 is 1.40. The van der Waals surface area contributed by atoms with E-state index in [9.17, 15) is 4.79 Å². The molecule has 0 atom stereocenters. The molecule has 4 heteroatoms. The van der Waals surface area contributed by atoms with Crippen LogP contribution in [0.4, 0.5) is 0 Å². The lowest BCUT2D eigenvalue weighted by atomic mass is 10.1. The average molecular weight is 233 g/mol. The van der Waals surface area contributed by atoms with E-state index < -0.39 is 5.97 Å². The Morgan fingerprint density at radius 2 is 2.12 bits per heavy atom. The summed E-state index contributed by atoms with van der Waals surface area (Å²) in [4.78, 5) is 14.7. The van der Waals surface area contributed by atoms with Gasteiger partial charge < -0.3 is 5.11 Å². The smallest absolute Gasteiger partial charge is 0.313 e. The molecule has 0 saturated carbocycles. The van der Waals surface area contributed by atoms with Gasteiger partial charge in [0.2, 0.25) is 0 Å². The van der Waals surface area contributed by atoms with Crippen LogP contribution in [0.1, 0.15) is 5.56 Å². The molecule has 2 rings (SSSR count). The van der Waals surface area contributed by atoms with Crippen LogP contribution in [0.5, 0.6) is 0 Å². The van der Waals surface area contributed by atoms with E-state index in [2.05, 4.69) is 4.98 Å². The Balaban J connectivity index is 2.20. The minimum atomic E-state index is -0.775. The van der Waals surface area contributed by atoms with E-state index in [0.717, 1.165) is 16.5 Å². The number of carbonyl (C=O) groups is 1. The van der Waals surface area contributed by atoms with Crippen molar-refractivity contribution in [3.05, 3.63) is 42.1 Å². The van der Waals surface area contributed by atoms with Crippen molar-refractivity contribution in [1.29, 1.82) is 0 Å². The Hall–Kier alpha value is -1.55. The number of rotatable bonds is 4. The normalized spacial score (nSPS) is 10.5. The lowest BCUT2D eigenvalue weighted by molar-refractivity contribution is -0.133. The predicted molar refractivity (Wildman–Crippen MR) is 65.5 cm³/mol. The van der Waals surface area contributed by atoms with Crippen molar-refractivity contribution in [3.8, 4) is 0 Å².